The van der Waals surface area contributed by atoms with Crippen LogP contribution in [0.15, 0.2) is 45.3 Å². The van der Waals surface area contributed by atoms with E-state index in [0.717, 1.165) is 22.2 Å². The summed E-state index contributed by atoms with van der Waals surface area (Å²) in [7, 11) is 0. The summed E-state index contributed by atoms with van der Waals surface area (Å²) in [6.45, 7) is 1.90. The highest BCUT2D eigenvalue weighted by molar-refractivity contribution is 9.10. The van der Waals surface area contributed by atoms with Crippen molar-refractivity contribution in [3.63, 3.8) is 0 Å². The van der Waals surface area contributed by atoms with Gasteiger partial charge in [0.2, 0.25) is 0 Å². The molecule has 0 atom stereocenters. The number of hydrogen-bond acceptors (Lipinski definition) is 1. The van der Waals surface area contributed by atoms with Crippen molar-refractivity contribution < 1.29 is 17.9 Å². The lowest BCUT2D eigenvalue weighted by Gasteiger charge is -2.12. The quantitative estimate of drug-likeness (QED) is 0.563. The van der Waals surface area contributed by atoms with E-state index in [1.54, 1.807) is 12.1 Å². The van der Waals surface area contributed by atoms with E-state index in [4.69, 9.17) is 4.74 Å². The highest BCUT2D eigenvalue weighted by atomic mass is 79.9. The maximum Gasteiger partial charge on any atom is 0.416 e. The molecule has 1 nitrogen and oxygen atoms in total. The second kappa shape index (κ2) is 5.77. The van der Waals surface area contributed by atoms with Gasteiger partial charge in [-0.05, 0) is 64.8 Å². The smallest absolute Gasteiger partial charge is 0.416 e. The summed E-state index contributed by atoms with van der Waals surface area (Å²) in [5.41, 5.74) is 0.259. The number of halogens is 5. The number of alkyl halides is 3. The van der Waals surface area contributed by atoms with E-state index in [1.165, 1.54) is 6.07 Å². The van der Waals surface area contributed by atoms with E-state index in [9.17, 15) is 13.2 Å². The molecule has 0 heterocycles. The number of aryl methyl sites for hydroxylation is 1. The summed E-state index contributed by atoms with van der Waals surface area (Å²) in [4.78, 5) is 0. The van der Waals surface area contributed by atoms with Gasteiger partial charge in [-0.3, -0.25) is 0 Å². The molecule has 0 aromatic heterocycles. The Morgan fingerprint density at radius 1 is 0.950 bits per heavy atom. The van der Waals surface area contributed by atoms with E-state index in [-0.39, 0.29) is 4.47 Å². The van der Waals surface area contributed by atoms with Crippen LogP contribution in [0.4, 0.5) is 13.2 Å². The molecule has 2 aromatic rings. The Morgan fingerprint density at radius 3 is 2.20 bits per heavy atom. The molecule has 0 aliphatic heterocycles. The summed E-state index contributed by atoms with van der Waals surface area (Å²) in [5.74, 6) is 0.894. The summed E-state index contributed by atoms with van der Waals surface area (Å²) in [5, 5.41) is 0. The predicted molar refractivity (Wildman–Crippen MR) is 78.1 cm³/mol. The Hall–Kier alpha value is -1.01. The molecule has 2 rings (SSSR count). The number of ether oxygens (including phenoxy) is 1. The normalized spacial score (nSPS) is 11.5. The molecule has 2 aromatic carbocycles. The second-order valence-electron chi connectivity index (χ2n) is 4.16. The van der Waals surface area contributed by atoms with E-state index in [2.05, 4.69) is 31.9 Å². The lowest BCUT2D eigenvalue weighted by molar-refractivity contribution is -0.137. The van der Waals surface area contributed by atoms with Crippen LogP contribution in [-0.2, 0) is 6.18 Å². The third-order valence-electron chi connectivity index (χ3n) is 2.62. The van der Waals surface area contributed by atoms with Gasteiger partial charge < -0.3 is 4.74 Å². The maximum atomic E-state index is 12.6. The van der Waals surface area contributed by atoms with Gasteiger partial charge in [0.15, 0.2) is 0 Å². The Kier molecular flexibility index (Phi) is 4.44. The van der Waals surface area contributed by atoms with Crippen LogP contribution in [-0.4, -0.2) is 0 Å². The summed E-state index contributed by atoms with van der Waals surface area (Å²) >= 11 is 6.47. The molecule has 0 saturated carbocycles. The first-order chi connectivity index (χ1) is 9.27. The third kappa shape index (κ3) is 3.55. The van der Waals surface area contributed by atoms with E-state index in [0.29, 0.717) is 11.5 Å². The van der Waals surface area contributed by atoms with Crippen molar-refractivity contribution in [2.24, 2.45) is 0 Å². The van der Waals surface area contributed by atoms with Gasteiger partial charge in [-0.25, -0.2) is 0 Å². The van der Waals surface area contributed by atoms with E-state index < -0.39 is 11.7 Å². The van der Waals surface area contributed by atoms with Crippen LogP contribution in [0.3, 0.4) is 0 Å². The Labute approximate surface area is 131 Å². The zero-order valence-corrected chi connectivity index (χ0v) is 13.4. The van der Waals surface area contributed by atoms with Gasteiger partial charge >= 0.3 is 6.18 Å². The molecule has 0 aliphatic carbocycles. The molecule has 106 valence electrons. The summed E-state index contributed by atoms with van der Waals surface area (Å²) < 4.78 is 44.4. The van der Waals surface area contributed by atoms with Crippen LogP contribution in [0.5, 0.6) is 11.5 Å². The third-order valence-corrected chi connectivity index (χ3v) is 4.13. The molecular formula is C14H9Br2F3O. The van der Waals surface area contributed by atoms with E-state index >= 15 is 0 Å². The Bertz CT molecular complexity index is 639. The van der Waals surface area contributed by atoms with Gasteiger partial charge in [-0.15, -0.1) is 0 Å². The first kappa shape index (κ1) is 15.4. The lowest BCUT2D eigenvalue weighted by atomic mass is 10.2. The maximum absolute atomic E-state index is 12.6. The average Bonchev–Trinajstić information content (AvgIpc) is 2.35. The van der Waals surface area contributed by atoms with Crippen molar-refractivity contribution >= 4 is 31.9 Å². The van der Waals surface area contributed by atoms with E-state index in [1.807, 2.05) is 13.0 Å². The molecule has 0 fully saturated rings. The summed E-state index contributed by atoms with van der Waals surface area (Å²) in [6, 6.07) is 8.65. The van der Waals surface area contributed by atoms with Crippen LogP contribution in [0.2, 0.25) is 0 Å². The molecule has 0 radical (unpaired) electrons. The minimum Gasteiger partial charge on any atom is -0.456 e. The second-order valence-corrected chi connectivity index (χ2v) is 5.86. The van der Waals surface area contributed by atoms with Crippen LogP contribution >= 0.6 is 31.9 Å². The molecule has 0 saturated heterocycles. The molecule has 6 heteroatoms. The lowest BCUT2D eigenvalue weighted by Crippen LogP contribution is -2.04. The monoisotopic (exact) mass is 408 g/mol. The van der Waals surface area contributed by atoms with Crippen LogP contribution in [0.25, 0.3) is 0 Å². The standard InChI is InChI=1S/C14H9Br2F3O/c1-8-6-10(3-4-11(8)15)20-13-5-2-9(7-12(13)16)14(17,18)19/h2-7H,1H3. The zero-order valence-electron chi connectivity index (χ0n) is 10.3. The molecule has 0 unspecified atom stereocenters. The van der Waals surface area contributed by atoms with Gasteiger partial charge in [-0.1, -0.05) is 15.9 Å². The molecule has 0 amide bonds. The fraction of sp³-hybridized carbons (Fsp3) is 0.143. The average molecular weight is 410 g/mol. The molecular weight excluding hydrogens is 401 g/mol. The number of hydrogen-bond donors (Lipinski definition) is 0. The fourth-order valence-electron chi connectivity index (χ4n) is 1.57. The molecule has 0 aliphatic rings. The largest absolute Gasteiger partial charge is 0.456 e. The predicted octanol–water partition coefficient (Wildman–Crippen LogP) is 6.33. The molecule has 0 N–H and O–H groups in total. The first-order valence-corrected chi connectivity index (χ1v) is 7.17. The van der Waals surface area contributed by atoms with Crippen LogP contribution in [0.1, 0.15) is 11.1 Å². The molecule has 20 heavy (non-hydrogen) atoms. The molecule has 0 spiro atoms. The van der Waals surface area contributed by atoms with Crippen molar-refractivity contribution in [3.05, 3.63) is 56.5 Å². The van der Waals surface area contributed by atoms with Crippen molar-refractivity contribution in [1.82, 2.24) is 0 Å². The van der Waals surface area contributed by atoms with Gasteiger partial charge in [0.05, 0.1) is 10.0 Å². The van der Waals surface area contributed by atoms with Gasteiger partial charge in [0.1, 0.15) is 11.5 Å². The number of benzene rings is 2. The topological polar surface area (TPSA) is 9.23 Å². The van der Waals surface area contributed by atoms with Crippen molar-refractivity contribution in [1.29, 1.82) is 0 Å². The minimum absolute atomic E-state index is 0.257. The fourth-order valence-corrected chi connectivity index (χ4v) is 2.27. The van der Waals surface area contributed by atoms with Crippen LogP contribution < -0.4 is 4.74 Å². The van der Waals surface area contributed by atoms with Gasteiger partial charge in [0, 0.05) is 4.47 Å². The highest BCUT2D eigenvalue weighted by Gasteiger charge is 2.31. The highest BCUT2D eigenvalue weighted by Crippen LogP contribution is 2.37. The van der Waals surface area contributed by atoms with Crippen molar-refractivity contribution in [2.45, 2.75) is 13.1 Å². The summed E-state index contributed by atoms with van der Waals surface area (Å²) in [6.07, 6.45) is -4.37. The zero-order chi connectivity index (χ0) is 14.9. The molecule has 0 bridgehead atoms. The van der Waals surface area contributed by atoms with Crippen LogP contribution in [0, 0.1) is 6.92 Å². The SMILES string of the molecule is Cc1cc(Oc2ccc(C(F)(F)F)cc2Br)ccc1Br. The van der Waals surface area contributed by atoms with Gasteiger partial charge in [-0.2, -0.15) is 13.2 Å². The Morgan fingerprint density at radius 2 is 1.65 bits per heavy atom. The first-order valence-electron chi connectivity index (χ1n) is 5.58. The number of rotatable bonds is 2. The minimum atomic E-state index is -4.37. The van der Waals surface area contributed by atoms with Crippen molar-refractivity contribution in [3.8, 4) is 11.5 Å². The van der Waals surface area contributed by atoms with Crippen molar-refractivity contribution in [2.75, 3.05) is 0 Å². The van der Waals surface area contributed by atoms with Gasteiger partial charge in [0.25, 0.3) is 0 Å². The Balaban J connectivity index is 2.28.